The predicted molar refractivity (Wildman–Crippen MR) is 151 cm³/mol. The molecule has 2 amide bonds. The van der Waals surface area contributed by atoms with Crippen LogP contribution < -0.4 is 0 Å². The highest BCUT2D eigenvalue weighted by molar-refractivity contribution is 6.21. The van der Waals surface area contributed by atoms with Gasteiger partial charge in [0.15, 0.2) is 0 Å². The van der Waals surface area contributed by atoms with Gasteiger partial charge in [0.25, 0.3) is 11.8 Å². The Morgan fingerprint density at radius 2 is 0.690 bits per heavy atom. The first kappa shape index (κ1) is 36.2. The fraction of sp³-hybridized carbons (Fsp3) is 0.724. The fourth-order valence-electron chi connectivity index (χ4n) is 3.60. The summed E-state index contributed by atoms with van der Waals surface area (Å²) in [4.78, 5) is 25.8. The van der Waals surface area contributed by atoms with Crippen molar-refractivity contribution >= 4 is 11.8 Å². The monoisotopic (exact) mass is 601 g/mol. The van der Waals surface area contributed by atoms with Gasteiger partial charge in [-0.15, -0.1) is 0 Å². The molecule has 0 N–H and O–H groups in total. The average molecular weight is 602 g/mol. The van der Waals surface area contributed by atoms with Crippen molar-refractivity contribution in [3.8, 4) is 0 Å². The minimum Gasteiger partial charge on any atom is -0.382 e. The van der Waals surface area contributed by atoms with Crippen LogP contribution in [0.5, 0.6) is 0 Å². The van der Waals surface area contributed by atoms with Crippen LogP contribution in [0.4, 0.5) is 0 Å². The number of ether oxygens (including phenoxy) is 10. The summed E-state index contributed by atoms with van der Waals surface area (Å²) in [5.41, 5.74) is 0.887. The topological polar surface area (TPSA) is 130 Å². The molecule has 0 saturated heterocycles. The number of imide groups is 1. The third-order valence-electron chi connectivity index (χ3n) is 5.75. The van der Waals surface area contributed by atoms with Crippen LogP contribution in [0.25, 0.3) is 0 Å². The Labute approximate surface area is 248 Å². The molecule has 1 aromatic carbocycles. The molecular formula is C29H47NO12. The summed E-state index contributed by atoms with van der Waals surface area (Å²) in [5.74, 6) is -0.552. The molecule has 240 valence electrons. The summed E-state index contributed by atoms with van der Waals surface area (Å²) >= 11 is 0. The first-order chi connectivity index (χ1) is 20.8. The normalized spacial score (nSPS) is 12.9. The number of carbonyl (C=O) groups excluding carboxylic acids is 2. The summed E-state index contributed by atoms with van der Waals surface area (Å²) in [6.45, 7) is 9.37. The van der Waals surface area contributed by atoms with E-state index in [4.69, 9.17) is 47.4 Å². The molecular weight excluding hydrogens is 554 g/mol. The molecule has 0 unspecified atom stereocenters. The van der Waals surface area contributed by atoms with Gasteiger partial charge in [0.2, 0.25) is 0 Å². The number of amides is 2. The van der Waals surface area contributed by atoms with Crippen molar-refractivity contribution in [3.63, 3.8) is 0 Å². The maximum atomic E-state index is 12.3. The third kappa shape index (κ3) is 16.6. The molecule has 1 aliphatic heterocycles. The molecule has 0 saturated carbocycles. The highest BCUT2D eigenvalue weighted by atomic mass is 16.6. The van der Waals surface area contributed by atoms with E-state index in [1.54, 1.807) is 31.4 Å². The Bertz CT molecular complexity index is 793. The predicted octanol–water partition coefficient (Wildman–Crippen LogP) is 1.08. The molecule has 1 aromatic rings. The highest BCUT2D eigenvalue weighted by Crippen LogP contribution is 2.21. The molecule has 0 radical (unpaired) electrons. The van der Waals surface area contributed by atoms with Crippen molar-refractivity contribution < 1.29 is 57.0 Å². The number of rotatable bonds is 30. The number of fused-ring (bicyclic) bond motifs is 1. The Morgan fingerprint density at radius 1 is 0.429 bits per heavy atom. The summed E-state index contributed by atoms with van der Waals surface area (Å²) in [7, 11) is 1.64. The van der Waals surface area contributed by atoms with Crippen molar-refractivity contribution in [3.05, 3.63) is 35.4 Å². The molecule has 0 bridgehead atoms. The minimum absolute atomic E-state index is 0.217. The second-order valence-corrected chi connectivity index (χ2v) is 8.81. The minimum atomic E-state index is -0.276. The molecule has 0 fully saturated rings. The van der Waals surface area contributed by atoms with Crippen LogP contribution in [-0.2, 0) is 47.4 Å². The van der Waals surface area contributed by atoms with Crippen LogP contribution in [0.15, 0.2) is 24.3 Å². The lowest BCUT2D eigenvalue weighted by atomic mass is 10.1. The van der Waals surface area contributed by atoms with Crippen LogP contribution in [0.1, 0.15) is 20.7 Å². The van der Waals surface area contributed by atoms with E-state index in [-0.39, 0.29) is 25.0 Å². The van der Waals surface area contributed by atoms with Gasteiger partial charge in [-0.3, -0.25) is 14.5 Å². The van der Waals surface area contributed by atoms with Gasteiger partial charge in [0, 0.05) is 7.11 Å². The lowest BCUT2D eigenvalue weighted by molar-refractivity contribution is -0.0260. The second-order valence-electron chi connectivity index (χ2n) is 8.81. The number of methoxy groups -OCH3 is 1. The van der Waals surface area contributed by atoms with Gasteiger partial charge in [-0.2, -0.15) is 0 Å². The van der Waals surface area contributed by atoms with Crippen LogP contribution in [0.2, 0.25) is 0 Å². The van der Waals surface area contributed by atoms with Crippen LogP contribution in [-0.4, -0.2) is 156 Å². The van der Waals surface area contributed by atoms with Gasteiger partial charge in [-0.1, -0.05) is 12.1 Å². The van der Waals surface area contributed by atoms with Crippen LogP contribution >= 0.6 is 0 Å². The smallest absolute Gasteiger partial charge is 0.261 e. The van der Waals surface area contributed by atoms with E-state index in [1.807, 2.05) is 0 Å². The van der Waals surface area contributed by atoms with Crippen molar-refractivity contribution in [2.24, 2.45) is 0 Å². The molecule has 13 nitrogen and oxygen atoms in total. The van der Waals surface area contributed by atoms with E-state index >= 15 is 0 Å². The molecule has 2 rings (SSSR count). The van der Waals surface area contributed by atoms with Gasteiger partial charge >= 0.3 is 0 Å². The zero-order chi connectivity index (χ0) is 29.9. The van der Waals surface area contributed by atoms with Crippen LogP contribution in [0.3, 0.4) is 0 Å². The van der Waals surface area contributed by atoms with Gasteiger partial charge in [0.1, 0.15) is 0 Å². The van der Waals surface area contributed by atoms with E-state index in [9.17, 15) is 9.59 Å². The molecule has 0 atom stereocenters. The first-order valence-electron chi connectivity index (χ1n) is 14.4. The maximum Gasteiger partial charge on any atom is 0.261 e. The standard InChI is InChI=1S/C29H47NO12/c1-33-8-9-35-12-13-37-16-17-39-20-21-41-24-25-42-23-22-40-19-18-38-15-14-36-11-10-34-7-6-30-28(31)26-4-2-3-5-27(26)29(30)32/h2-5H,6-25H2,1H3. The maximum absolute atomic E-state index is 12.3. The fourth-order valence-corrected chi connectivity index (χ4v) is 3.60. The lowest BCUT2D eigenvalue weighted by Crippen LogP contribution is -2.33. The number of hydrogen-bond donors (Lipinski definition) is 0. The van der Waals surface area contributed by atoms with Crippen molar-refractivity contribution in [2.45, 2.75) is 0 Å². The highest BCUT2D eigenvalue weighted by Gasteiger charge is 2.34. The van der Waals surface area contributed by atoms with Crippen molar-refractivity contribution in [2.75, 3.05) is 139 Å². The number of carbonyl (C=O) groups is 2. The van der Waals surface area contributed by atoms with Crippen molar-refractivity contribution in [1.82, 2.24) is 4.90 Å². The zero-order valence-corrected chi connectivity index (χ0v) is 24.8. The molecule has 0 aliphatic carbocycles. The van der Waals surface area contributed by atoms with Crippen LogP contribution in [0, 0.1) is 0 Å². The molecule has 0 aromatic heterocycles. The van der Waals surface area contributed by atoms with E-state index in [0.29, 0.717) is 130 Å². The molecule has 13 heteroatoms. The van der Waals surface area contributed by atoms with Gasteiger partial charge in [-0.05, 0) is 12.1 Å². The largest absolute Gasteiger partial charge is 0.382 e. The van der Waals surface area contributed by atoms with E-state index in [0.717, 1.165) is 0 Å². The number of nitrogens with zero attached hydrogens (tertiary/aromatic N) is 1. The summed E-state index contributed by atoms with van der Waals surface area (Å²) in [6, 6.07) is 6.82. The quantitative estimate of drug-likeness (QED) is 0.0924. The summed E-state index contributed by atoms with van der Waals surface area (Å²) in [6.07, 6.45) is 0. The average Bonchev–Trinajstić information content (AvgIpc) is 3.25. The molecule has 0 spiro atoms. The Kier molecular flexibility index (Phi) is 21.9. The number of benzene rings is 1. The SMILES string of the molecule is COCCOCCOCCOCCOCCOCCOCCOCCOCCOCCN1C(=O)c2ccccc2C1=O. The van der Waals surface area contributed by atoms with Gasteiger partial charge in [0.05, 0.1) is 143 Å². The van der Waals surface area contributed by atoms with E-state index in [2.05, 4.69) is 0 Å². The molecule has 42 heavy (non-hydrogen) atoms. The van der Waals surface area contributed by atoms with E-state index < -0.39 is 0 Å². The van der Waals surface area contributed by atoms with Gasteiger partial charge < -0.3 is 47.4 Å². The first-order valence-corrected chi connectivity index (χ1v) is 14.4. The van der Waals surface area contributed by atoms with Crippen molar-refractivity contribution in [1.29, 1.82) is 0 Å². The van der Waals surface area contributed by atoms with E-state index in [1.165, 1.54) is 4.90 Å². The second kappa shape index (κ2) is 25.5. The Hall–Kier alpha value is -2.04. The number of hydrogen-bond acceptors (Lipinski definition) is 12. The van der Waals surface area contributed by atoms with Gasteiger partial charge in [-0.25, -0.2) is 0 Å². The molecule has 1 aliphatic rings. The Morgan fingerprint density at radius 3 is 0.976 bits per heavy atom. The lowest BCUT2D eigenvalue weighted by Gasteiger charge is -2.13. The Balaban J connectivity index is 1.21. The third-order valence-corrected chi connectivity index (χ3v) is 5.75. The summed E-state index contributed by atoms with van der Waals surface area (Å²) in [5, 5.41) is 0. The summed E-state index contributed by atoms with van der Waals surface area (Å²) < 4.78 is 53.7. The molecule has 1 heterocycles. The zero-order valence-electron chi connectivity index (χ0n) is 24.8.